The van der Waals surface area contributed by atoms with Gasteiger partial charge >= 0.3 is 0 Å². The molecule has 1 aromatic carbocycles. The zero-order valence-electron chi connectivity index (χ0n) is 36.2. The average Bonchev–Trinajstić information content (AvgIpc) is 3.80. The quantitative estimate of drug-likeness (QED) is 0.0638. The predicted octanol–water partition coefficient (Wildman–Crippen LogP) is 11.9. The van der Waals surface area contributed by atoms with Crippen molar-refractivity contribution in [3.8, 4) is 0 Å². The van der Waals surface area contributed by atoms with Crippen LogP contribution >= 0.6 is 12.6 Å². The Morgan fingerprint density at radius 1 is 1.09 bits per heavy atom. The molecule has 0 radical (unpaired) electrons. The van der Waals surface area contributed by atoms with Crippen LogP contribution in [0.15, 0.2) is 108 Å². The van der Waals surface area contributed by atoms with Crippen molar-refractivity contribution in [1.29, 1.82) is 0 Å². The number of aliphatic hydroxyl groups excluding tert-OH is 1. The van der Waals surface area contributed by atoms with Gasteiger partial charge in [-0.2, -0.15) is 12.6 Å². The molecule has 1 saturated carbocycles. The van der Waals surface area contributed by atoms with E-state index in [1.54, 1.807) is 0 Å². The Balaban J connectivity index is 1.66. The van der Waals surface area contributed by atoms with Gasteiger partial charge in [-0.15, -0.1) is 0 Å². The molecule has 1 saturated heterocycles. The highest BCUT2D eigenvalue weighted by Crippen LogP contribution is 2.55. The fourth-order valence-electron chi connectivity index (χ4n) is 9.33. The molecule has 7 unspecified atom stereocenters. The summed E-state index contributed by atoms with van der Waals surface area (Å²) in [5.41, 5.74) is 10.7. The van der Waals surface area contributed by atoms with E-state index in [-0.39, 0.29) is 40.3 Å². The van der Waals surface area contributed by atoms with E-state index in [2.05, 4.69) is 104 Å². The van der Waals surface area contributed by atoms with Gasteiger partial charge in [0.15, 0.2) is 0 Å². The van der Waals surface area contributed by atoms with Gasteiger partial charge in [0.05, 0.1) is 30.1 Å². The number of hydrogen-bond donors (Lipinski definition) is 4. The van der Waals surface area contributed by atoms with E-state index < -0.39 is 17.1 Å². The molecule has 0 spiro atoms. The van der Waals surface area contributed by atoms with Crippen LogP contribution in [0, 0.1) is 41.9 Å². The van der Waals surface area contributed by atoms with Crippen molar-refractivity contribution in [2.24, 2.45) is 40.7 Å². The molecule has 6 heteroatoms. The van der Waals surface area contributed by atoms with E-state index in [9.17, 15) is 10.2 Å². The number of fused-ring (bicyclic) bond motifs is 1. The van der Waals surface area contributed by atoms with Crippen molar-refractivity contribution < 1.29 is 19.7 Å². The van der Waals surface area contributed by atoms with Gasteiger partial charge in [0.1, 0.15) is 11.7 Å². The van der Waals surface area contributed by atoms with Crippen molar-refractivity contribution in [3.05, 3.63) is 119 Å². The van der Waals surface area contributed by atoms with Crippen molar-refractivity contribution in [1.82, 2.24) is 0 Å². The molecule has 2 fully saturated rings. The molecule has 1 aromatic rings. The van der Waals surface area contributed by atoms with Gasteiger partial charge in [0, 0.05) is 29.5 Å². The van der Waals surface area contributed by atoms with Gasteiger partial charge in [-0.1, -0.05) is 138 Å². The maximum Gasteiger partial charge on any atom is 0.131 e. The number of allylic oxidation sites excluding steroid dienone is 6. The molecular weight excluding hydrogens is 711 g/mol. The molecule has 0 amide bonds. The minimum Gasteiger partial charge on any atom is -0.512 e. The highest BCUT2D eigenvalue weighted by Gasteiger charge is 2.62. The van der Waals surface area contributed by atoms with Crippen LogP contribution < -0.4 is 5.73 Å². The molecule has 9 atom stereocenters. The predicted molar refractivity (Wildman–Crippen MR) is 240 cm³/mol. The molecule has 1 heterocycles. The summed E-state index contributed by atoms with van der Waals surface area (Å²) in [4.78, 5) is 0. The molecule has 4 rings (SSSR count). The fourth-order valence-corrected chi connectivity index (χ4v) is 9.56. The fraction of sp³-hybridized carbons (Fsp3) is 0.600. The van der Waals surface area contributed by atoms with E-state index in [1.807, 2.05) is 32.3 Å². The maximum atomic E-state index is 12.4. The average molecular weight is 786 g/mol. The SMILES string of the molecule is C=C(CC(/C(C)=C/CC(CC(S)CN)O/C=C/CC(C)C(C)C)C(C)/C=C/C=C1\CO[C@@H]2C(C)C(C)=CC(C)(C(=C)O)[C@]12O)C1(c2ccc(C)cc2)CCCC1. The van der Waals surface area contributed by atoms with Gasteiger partial charge in [-0.05, 0) is 101 Å². The zero-order chi connectivity index (χ0) is 41.4. The van der Waals surface area contributed by atoms with Crippen LogP contribution in [-0.2, 0) is 14.9 Å². The highest BCUT2D eigenvalue weighted by molar-refractivity contribution is 7.81. The van der Waals surface area contributed by atoms with Gasteiger partial charge in [-0.25, -0.2) is 0 Å². The van der Waals surface area contributed by atoms with Crippen molar-refractivity contribution in [3.63, 3.8) is 0 Å². The van der Waals surface area contributed by atoms with Gasteiger partial charge in [0.2, 0.25) is 0 Å². The Morgan fingerprint density at radius 2 is 1.75 bits per heavy atom. The Kier molecular flexibility index (Phi) is 16.2. The second-order valence-electron chi connectivity index (χ2n) is 18.2. The maximum absolute atomic E-state index is 12.4. The van der Waals surface area contributed by atoms with Crippen LogP contribution in [0.4, 0.5) is 0 Å². The van der Waals surface area contributed by atoms with Crippen LogP contribution in [0.1, 0.15) is 118 Å². The summed E-state index contributed by atoms with van der Waals surface area (Å²) < 4.78 is 12.6. The molecule has 4 N–H and O–H groups in total. The van der Waals surface area contributed by atoms with Crippen LogP contribution in [0.3, 0.4) is 0 Å². The monoisotopic (exact) mass is 786 g/mol. The first kappa shape index (κ1) is 45.9. The first-order valence-corrected chi connectivity index (χ1v) is 21.8. The summed E-state index contributed by atoms with van der Waals surface area (Å²) in [5, 5.41) is 23.3. The number of thiol groups is 1. The number of nitrogens with two attached hydrogens (primary N) is 1. The normalized spacial score (nSPS) is 28.7. The van der Waals surface area contributed by atoms with E-state index in [0.29, 0.717) is 25.0 Å². The third kappa shape index (κ3) is 10.1. The van der Waals surface area contributed by atoms with E-state index in [1.165, 1.54) is 35.1 Å². The third-order valence-electron chi connectivity index (χ3n) is 14.1. The molecule has 3 aliphatic rings. The van der Waals surface area contributed by atoms with Crippen LogP contribution in [-0.4, -0.2) is 46.4 Å². The highest BCUT2D eigenvalue weighted by atomic mass is 32.1. The van der Waals surface area contributed by atoms with Crippen molar-refractivity contribution >= 4 is 12.6 Å². The third-order valence-corrected chi connectivity index (χ3v) is 14.5. The molecule has 56 heavy (non-hydrogen) atoms. The number of rotatable bonds is 19. The van der Waals surface area contributed by atoms with Crippen LogP contribution in [0.5, 0.6) is 0 Å². The minimum absolute atomic E-state index is 0.00965. The van der Waals surface area contributed by atoms with Crippen LogP contribution in [0.2, 0.25) is 0 Å². The molecular formula is C50H75NO4S. The Morgan fingerprint density at radius 3 is 2.36 bits per heavy atom. The topological polar surface area (TPSA) is 84.9 Å². The molecule has 310 valence electrons. The first-order valence-electron chi connectivity index (χ1n) is 21.3. The number of aryl methyl sites for hydroxylation is 1. The summed E-state index contributed by atoms with van der Waals surface area (Å²) in [6, 6.07) is 9.12. The molecule has 5 nitrogen and oxygen atoms in total. The number of hydrogen-bond acceptors (Lipinski definition) is 6. The zero-order valence-corrected chi connectivity index (χ0v) is 37.1. The number of ether oxygens (including phenoxy) is 2. The molecule has 0 bridgehead atoms. The van der Waals surface area contributed by atoms with Gasteiger partial charge < -0.3 is 25.4 Å². The first-order chi connectivity index (χ1) is 26.4. The van der Waals surface area contributed by atoms with Gasteiger partial charge in [-0.3, -0.25) is 0 Å². The number of benzene rings is 1. The smallest absolute Gasteiger partial charge is 0.131 e. The van der Waals surface area contributed by atoms with E-state index in [4.69, 9.17) is 34.4 Å². The second kappa shape index (κ2) is 19.8. The number of aliphatic hydroxyl groups is 2. The van der Waals surface area contributed by atoms with E-state index >= 15 is 0 Å². The lowest BCUT2D eigenvalue weighted by atomic mass is 9.59. The van der Waals surface area contributed by atoms with E-state index in [0.717, 1.165) is 49.7 Å². The largest absolute Gasteiger partial charge is 0.512 e. The standard InChI is InChI=1S/C50H75NO4S/c1-33(2)35(4)17-15-27-54-44(29-45(56)31-51)24-21-37(6)46(28-39(8)49(25-12-13-26-49)42-22-19-34(3)20-23-42)36(5)16-14-18-43-32-55-47-40(9)38(7)30-48(11,41(10)52)50(43,47)53/h14-16,18-23,27,30,33,35-36,40,44-47,52-53,56H,8,10,12-13,17,24-26,28-29,31-32,51H2,1-7,9,11H3/b16-14+,27-15+,37-21+,43-18+/t35?,36?,40?,44?,45?,46?,47-,48?,50+/m1/s1. The molecule has 2 aliphatic carbocycles. The minimum atomic E-state index is -1.40. The van der Waals surface area contributed by atoms with Gasteiger partial charge in [0.25, 0.3) is 0 Å². The second-order valence-corrected chi connectivity index (χ2v) is 19.0. The lowest BCUT2D eigenvalue weighted by Crippen LogP contribution is -2.58. The summed E-state index contributed by atoms with van der Waals surface area (Å²) in [5.74, 6) is 1.53. The van der Waals surface area contributed by atoms with Crippen molar-refractivity contribution in [2.45, 2.75) is 142 Å². The summed E-state index contributed by atoms with van der Waals surface area (Å²) >= 11 is 4.75. The lowest BCUT2D eigenvalue weighted by Gasteiger charge is -2.49. The molecule has 1 aliphatic heterocycles. The summed E-state index contributed by atoms with van der Waals surface area (Å²) in [6.45, 7) is 29.0. The Hall–Kier alpha value is -2.77. The lowest BCUT2D eigenvalue weighted by molar-refractivity contribution is -0.108. The van der Waals surface area contributed by atoms with Crippen LogP contribution in [0.25, 0.3) is 0 Å². The summed E-state index contributed by atoms with van der Waals surface area (Å²) in [6.07, 6.45) is 22.3. The Bertz CT molecular complexity index is 1640. The summed E-state index contributed by atoms with van der Waals surface area (Å²) in [7, 11) is 0. The molecule has 0 aromatic heterocycles. The van der Waals surface area contributed by atoms with Crippen molar-refractivity contribution in [2.75, 3.05) is 13.2 Å². The Labute approximate surface area is 346 Å².